The number of aromatic nitrogens is 4. The van der Waals surface area contributed by atoms with Crippen LogP contribution in [0.4, 0.5) is 14.7 Å². The summed E-state index contributed by atoms with van der Waals surface area (Å²) in [5, 5.41) is 12.9. The Balaban J connectivity index is 2.52. The Morgan fingerprint density at radius 2 is 2.08 bits per heavy atom. The second kappa shape index (κ2) is 7.09. The zero-order valence-electron chi connectivity index (χ0n) is 13.5. The van der Waals surface area contributed by atoms with E-state index in [-0.39, 0.29) is 22.8 Å². The van der Waals surface area contributed by atoms with Crippen molar-refractivity contribution in [1.29, 1.82) is 0 Å². The van der Waals surface area contributed by atoms with Crippen LogP contribution >= 0.6 is 0 Å². The van der Waals surface area contributed by atoms with Gasteiger partial charge in [-0.2, -0.15) is 8.78 Å². The molecule has 0 spiro atoms. The van der Waals surface area contributed by atoms with Crippen molar-refractivity contribution in [3.8, 4) is 5.75 Å². The van der Waals surface area contributed by atoms with Gasteiger partial charge in [-0.1, -0.05) is 12.0 Å². The van der Waals surface area contributed by atoms with Crippen LogP contribution in [0.5, 0.6) is 5.75 Å². The smallest absolute Gasteiger partial charge is 0.387 e. The summed E-state index contributed by atoms with van der Waals surface area (Å²) in [5.41, 5.74) is -0.0377. The predicted molar refractivity (Wildman–Crippen MR) is 82.3 cm³/mol. The van der Waals surface area contributed by atoms with Gasteiger partial charge in [-0.25, -0.2) is 13.1 Å². The molecule has 0 aliphatic rings. The third kappa shape index (κ3) is 3.90. The summed E-state index contributed by atoms with van der Waals surface area (Å²) in [4.78, 5) is 11.9. The van der Waals surface area contributed by atoms with Gasteiger partial charge in [0.05, 0.1) is 5.75 Å². The molecule has 0 saturated heterocycles. The molecule has 1 amide bonds. The van der Waals surface area contributed by atoms with Gasteiger partial charge in [-0.05, 0) is 35.0 Å². The number of sulfone groups is 1. The van der Waals surface area contributed by atoms with Crippen LogP contribution in [0, 0.1) is 6.92 Å². The summed E-state index contributed by atoms with van der Waals surface area (Å²) in [5.74, 6) is -1.50. The topological polar surface area (TPSA) is 116 Å². The lowest BCUT2D eigenvalue weighted by Crippen LogP contribution is -2.19. The van der Waals surface area contributed by atoms with E-state index in [1.165, 1.54) is 31.6 Å². The molecule has 1 aromatic carbocycles. The zero-order valence-corrected chi connectivity index (χ0v) is 14.3. The molecular formula is C13H15F2N5O4S. The number of hydrogen-bond donors (Lipinski definition) is 1. The highest BCUT2D eigenvalue weighted by atomic mass is 32.2. The van der Waals surface area contributed by atoms with E-state index in [1.54, 1.807) is 0 Å². The number of tetrazole rings is 1. The maximum Gasteiger partial charge on any atom is 0.387 e. The first-order chi connectivity index (χ1) is 11.7. The van der Waals surface area contributed by atoms with E-state index >= 15 is 0 Å². The van der Waals surface area contributed by atoms with Crippen molar-refractivity contribution in [3.05, 3.63) is 23.3 Å². The van der Waals surface area contributed by atoms with Gasteiger partial charge in [0.2, 0.25) is 5.95 Å². The lowest BCUT2D eigenvalue weighted by atomic mass is 10.1. The van der Waals surface area contributed by atoms with Gasteiger partial charge in [0, 0.05) is 12.6 Å². The van der Waals surface area contributed by atoms with Crippen molar-refractivity contribution in [2.45, 2.75) is 25.4 Å². The predicted octanol–water partition coefficient (Wildman–Crippen LogP) is 1.17. The maximum absolute atomic E-state index is 12.6. The monoisotopic (exact) mass is 375 g/mol. The number of amides is 1. The van der Waals surface area contributed by atoms with Crippen molar-refractivity contribution in [2.24, 2.45) is 7.05 Å². The third-order valence-electron chi connectivity index (χ3n) is 3.37. The molecule has 1 heterocycles. The number of carbonyl (C=O) groups excluding carboxylic acids is 1. The first-order valence-corrected chi connectivity index (χ1v) is 8.67. The fraction of sp³-hybridized carbons (Fsp3) is 0.385. The standard InChI is InChI=1S/C13H15F2N5O4S/c1-4-25(22,23)10-7(2)8(5-6-9(10)24-12(14)15)11(21)16-13-17-18-19-20(13)3/h5-6,12H,4H2,1-3H3,(H,16,17,19,21). The molecule has 1 N–H and O–H groups in total. The summed E-state index contributed by atoms with van der Waals surface area (Å²) in [6, 6.07) is 2.21. The highest BCUT2D eigenvalue weighted by Crippen LogP contribution is 2.32. The van der Waals surface area contributed by atoms with E-state index in [1.807, 2.05) is 0 Å². The zero-order chi connectivity index (χ0) is 18.8. The minimum absolute atomic E-state index is 0.00683. The molecule has 136 valence electrons. The largest absolute Gasteiger partial charge is 0.433 e. The van der Waals surface area contributed by atoms with E-state index < -0.39 is 33.0 Å². The summed E-state index contributed by atoms with van der Waals surface area (Å²) in [7, 11) is -2.42. The Hall–Kier alpha value is -2.63. The van der Waals surface area contributed by atoms with Crippen LogP contribution in [-0.4, -0.2) is 46.9 Å². The SMILES string of the molecule is CCS(=O)(=O)c1c(OC(F)F)ccc(C(=O)Nc2nnnn2C)c1C. The second-order valence-electron chi connectivity index (χ2n) is 4.93. The summed E-state index contributed by atoms with van der Waals surface area (Å²) >= 11 is 0. The van der Waals surface area contributed by atoms with Crippen molar-refractivity contribution in [3.63, 3.8) is 0 Å². The highest BCUT2D eigenvalue weighted by Gasteiger charge is 2.26. The molecule has 0 aliphatic heterocycles. The molecule has 0 radical (unpaired) electrons. The number of anilines is 1. The van der Waals surface area contributed by atoms with E-state index in [4.69, 9.17) is 0 Å². The molecule has 9 nitrogen and oxygen atoms in total. The first kappa shape index (κ1) is 18.7. The number of hydrogen-bond acceptors (Lipinski definition) is 7. The number of alkyl halides is 2. The normalized spacial score (nSPS) is 11.6. The molecular weight excluding hydrogens is 360 g/mol. The lowest BCUT2D eigenvalue weighted by Gasteiger charge is -2.16. The minimum atomic E-state index is -3.92. The maximum atomic E-state index is 12.6. The van der Waals surface area contributed by atoms with E-state index in [0.29, 0.717) is 0 Å². The Bertz CT molecular complexity index is 898. The Labute approximate surface area is 141 Å². The summed E-state index contributed by atoms with van der Waals surface area (Å²) in [6.45, 7) is -0.501. The number of carbonyl (C=O) groups is 1. The van der Waals surface area contributed by atoms with Crippen LogP contribution in [0.15, 0.2) is 17.0 Å². The van der Waals surface area contributed by atoms with Gasteiger partial charge >= 0.3 is 6.61 Å². The minimum Gasteiger partial charge on any atom is -0.433 e. The van der Waals surface area contributed by atoms with Crippen LogP contribution in [0.2, 0.25) is 0 Å². The van der Waals surface area contributed by atoms with Crippen molar-refractivity contribution < 1.29 is 26.7 Å². The third-order valence-corrected chi connectivity index (χ3v) is 5.26. The van der Waals surface area contributed by atoms with E-state index in [9.17, 15) is 22.0 Å². The van der Waals surface area contributed by atoms with Crippen LogP contribution < -0.4 is 10.1 Å². The first-order valence-electron chi connectivity index (χ1n) is 7.02. The number of aryl methyl sites for hydroxylation is 1. The molecule has 2 rings (SSSR count). The molecule has 0 fully saturated rings. The quantitative estimate of drug-likeness (QED) is 0.805. The number of ether oxygens (including phenoxy) is 1. The Morgan fingerprint density at radius 1 is 1.40 bits per heavy atom. The molecule has 1 aromatic heterocycles. The van der Waals surface area contributed by atoms with E-state index in [2.05, 4.69) is 25.6 Å². The number of nitrogens with one attached hydrogen (secondary N) is 1. The molecule has 2 aromatic rings. The van der Waals surface area contributed by atoms with Crippen molar-refractivity contribution in [2.75, 3.05) is 11.1 Å². The van der Waals surface area contributed by atoms with E-state index in [0.717, 1.165) is 6.07 Å². The van der Waals surface area contributed by atoms with Gasteiger partial charge in [-0.15, -0.1) is 0 Å². The molecule has 25 heavy (non-hydrogen) atoms. The number of halogens is 2. The molecule has 0 saturated carbocycles. The van der Waals surface area contributed by atoms with Crippen molar-refractivity contribution >= 4 is 21.7 Å². The molecule has 0 bridgehead atoms. The fourth-order valence-corrected chi connectivity index (χ4v) is 3.42. The lowest BCUT2D eigenvalue weighted by molar-refractivity contribution is -0.0517. The molecule has 0 atom stereocenters. The molecule has 12 heteroatoms. The highest BCUT2D eigenvalue weighted by molar-refractivity contribution is 7.91. The summed E-state index contributed by atoms with van der Waals surface area (Å²) in [6.07, 6.45) is 0. The number of rotatable bonds is 6. The molecule has 0 aliphatic carbocycles. The van der Waals surface area contributed by atoms with Gasteiger partial charge in [-0.3, -0.25) is 10.1 Å². The summed E-state index contributed by atoms with van der Waals surface area (Å²) < 4.78 is 55.2. The Morgan fingerprint density at radius 3 is 2.60 bits per heavy atom. The number of nitrogens with zero attached hydrogens (tertiary/aromatic N) is 4. The van der Waals surface area contributed by atoms with Gasteiger partial charge < -0.3 is 4.74 Å². The van der Waals surface area contributed by atoms with Gasteiger partial charge in [0.15, 0.2) is 9.84 Å². The van der Waals surface area contributed by atoms with Crippen LogP contribution in [0.3, 0.4) is 0 Å². The second-order valence-corrected chi connectivity index (χ2v) is 7.14. The Kier molecular flexibility index (Phi) is 5.30. The van der Waals surface area contributed by atoms with Crippen LogP contribution in [0.25, 0.3) is 0 Å². The van der Waals surface area contributed by atoms with Gasteiger partial charge in [0.1, 0.15) is 10.6 Å². The molecule has 0 unspecified atom stereocenters. The van der Waals surface area contributed by atoms with Crippen LogP contribution in [0.1, 0.15) is 22.8 Å². The van der Waals surface area contributed by atoms with Crippen molar-refractivity contribution in [1.82, 2.24) is 20.2 Å². The van der Waals surface area contributed by atoms with Crippen LogP contribution in [-0.2, 0) is 16.9 Å². The number of benzene rings is 1. The van der Waals surface area contributed by atoms with Gasteiger partial charge in [0.25, 0.3) is 5.91 Å². The average Bonchev–Trinajstić information content (AvgIpc) is 2.91. The average molecular weight is 375 g/mol. The fourth-order valence-electron chi connectivity index (χ4n) is 2.14.